The molecule has 0 aliphatic carbocycles. The zero-order valence-electron chi connectivity index (χ0n) is 8.75. The van der Waals surface area contributed by atoms with Gasteiger partial charge in [0.25, 0.3) is 0 Å². The Labute approximate surface area is 80.0 Å². The van der Waals surface area contributed by atoms with Gasteiger partial charge in [0, 0.05) is 18.7 Å². The van der Waals surface area contributed by atoms with Crippen LogP contribution < -0.4 is 0 Å². The molecule has 0 amide bonds. The van der Waals surface area contributed by atoms with Crippen molar-refractivity contribution in [3.63, 3.8) is 0 Å². The summed E-state index contributed by atoms with van der Waals surface area (Å²) in [4.78, 5) is 4.63. The van der Waals surface area contributed by atoms with Crippen molar-refractivity contribution >= 4 is 0 Å². The Morgan fingerprint density at radius 3 is 3.00 bits per heavy atom. The molecule has 0 bridgehead atoms. The van der Waals surface area contributed by atoms with Gasteiger partial charge in [-0.3, -0.25) is 0 Å². The van der Waals surface area contributed by atoms with Gasteiger partial charge in [0.15, 0.2) is 0 Å². The van der Waals surface area contributed by atoms with Crippen molar-refractivity contribution in [2.75, 3.05) is 0 Å². The monoisotopic (exact) mass is 178 g/mol. The molecule has 1 aromatic heterocycles. The van der Waals surface area contributed by atoms with Gasteiger partial charge >= 0.3 is 0 Å². The van der Waals surface area contributed by atoms with Gasteiger partial charge in [0.1, 0.15) is 5.82 Å². The van der Waals surface area contributed by atoms with Gasteiger partial charge in [-0.25, -0.2) is 4.98 Å². The lowest BCUT2D eigenvalue weighted by atomic mass is 9.95. The first-order valence-electron chi connectivity index (χ1n) is 5.27. The highest BCUT2D eigenvalue weighted by Crippen LogP contribution is 2.28. The number of hydrogen-bond donors (Lipinski definition) is 0. The molecule has 13 heavy (non-hydrogen) atoms. The molecule has 1 aliphatic heterocycles. The summed E-state index contributed by atoms with van der Waals surface area (Å²) in [6.07, 6.45) is 5.74. The van der Waals surface area contributed by atoms with E-state index in [1.165, 1.54) is 17.9 Å². The topological polar surface area (TPSA) is 17.8 Å². The van der Waals surface area contributed by atoms with Crippen LogP contribution in [0.1, 0.15) is 44.8 Å². The van der Waals surface area contributed by atoms with E-state index >= 15 is 0 Å². The predicted octanol–water partition coefficient (Wildman–Crippen LogP) is 2.59. The third kappa shape index (κ3) is 1.50. The molecule has 2 rings (SSSR count). The van der Waals surface area contributed by atoms with E-state index in [4.69, 9.17) is 0 Å². The minimum Gasteiger partial charge on any atom is -0.332 e. The van der Waals surface area contributed by atoms with Gasteiger partial charge in [-0.1, -0.05) is 13.8 Å². The summed E-state index contributed by atoms with van der Waals surface area (Å²) in [6, 6.07) is 0.645. The maximum Gasteiger partial charge on any atom is 0.109 e. The second-order valence-corrected chi connectivity index (χ2v) is 4.30. The van der Waals surface area contributed by atoms with Crippen LogP contribution in [0.25, 0.3) is 0 Å². The van der Waals surface area contributed by atoms with Gasteiger partial charge in [0.05, 0.1) is 5.69 Å². The first-order chi connectivity index (χ1) is 6.20. The van der Waals surface area contributed by atoms with Crippen LogP contribution in [0.5, 0.6) is 0 Å². The molecule has 0 radical (unpaired) electrons. The minimum atomic E-state index is 0.645. The molecule has 2 heterocycles. The molecule has 2 heteroatoms. The molecular formula is C11H18N2. The van der Waals surface area contributed by atoms with E-state index < -0.39 is 0 Å². The van der Waals surface area contributed by atoms with Crippen LogP contribution in [-0.2, 0) is 12.8 Å². The van der Waals surface area contributed by atoms with E-state index in [1.807, 2.05) is 0 Å². The van der Waals surface area contributed by atoms with Crippen molar-refractivity contribution in [1.82, 2.24) is 9.55 Å². The zero-order chi connectivity index (χ0) is 9.42. The molecule has 0 N–H and O–H groups in total. The summed E-state index contributed by atoms with van der Waals surface area (Å²) in [7, 11) is 0. The highest BCUT2D eigenvalue weighted by molar-refractivity contribution is 5.08. The average molecular weight is 178 g/mol. The van der Waals surface area contributed by atoms with Crippen molar-refractivity contribution in [3.05, 3.63) is 17.7 Å². The summed E-state index contributed by atoms with van der Waals surface area (Å²) in [5.74, 6) is 2.10. The number of imidazole rings is 1. The van der Waals surface area contributed by atoms with Crippen LogP contribution >= 0.6 is 0 Å². The predicted molar refractivity (Wildman–Crippen MR) is 53.8 cm³/mol. The lowest BCUT2D eigenvalue weighted by molar-refractivity contribution is 0.343. The number of aryl methyl sites for hydroxylation is 1. The minimum absolute atomic E-state index is 0.645. The molecule has 0 saturated carbocycles. The first-order valence-corrected chi connectivity index (χ1v) is 5.27. The zero-order valence-corrected chi connectivity index (χ0v) is 8.75. The van der Waals surface area contributed by atoms with Gasteiger partial charge in [-0.2, -0.15) is 0 Å². The summed E-state index contributed by atoms with van der Waals surface area (Å²) in [5, 5.41) is 0. The first kappa shape index (κ1) is 8.79. The maximum atomic E-state index is 4.63. The largest absolute Gasteiger partial charge is 0.332 e. The smallest absolute Gasteiger partial charge is 0.109 e. The third-order valence-electron chi connectivity index (χ3n) is 2.97. The second kappa shape index (κ2) is 3.17. The maximum absolute atomic E-state index is 4.63. The molecule has 0 spiro atoms. The number of fused-ring (bicyclic) bond motifs is 1. The highest BCUT2D eigenvalue weighted by atomic mass is 15.1. The number of nitrogens with zero attached hydrogens (tertiary/aromatic N) is 2. The average Bonchev–Trinajstić information content (AvgIpc) is 2.47. The van der Waals surface area contributed by atoms with E-state index in [0.29, 0.717) is 6.04 Å². The third-order valence-corrected chi connectivity index (χ3v) is 2.97. The van der Waals surface area contributed by atoms with Gasteiger partial charge in [-0.05, 0) is 25.7 Å². The van der Waals surface area contributed by atoms with Crippen LogP contribution in [0, 0.1) is 5.92 Å². The van der Waals surface area contributed by atoms with Gasteiger partial charge in [0.2, 0.25) is 0 Å². The Bertz CT molecular complexity index is 301. The van der Waals surface area contributed by atoms with Crippen molar-refractivity contribution in [3.8, 4) is 0 Å². The number of hydrogen-bond acceptors (Lipinski definition) is 1. The summed E-state index contributed by atoms with van der Waals surface area (Å²) >= 11 is 0. The molecule has 0 aromatic carbocycles. The number of rotatable bonds is 1. The Morgan fingerprint density at radius 2 is 2.31 bits per heavy atom. The van der Waals surface area contributed by atoms with E-state index in [0.717, 1.165) is 18.8 Å². The van der Waals surface area contributed by atoms with E-state index in [1.54, 1.807) is 0 Å². The fourth-order valence-corrected chi connectivity index (χ4v) is 2.28. The lowest BCUT2D eigenvalue weighted by Crippen LogP contribution is -2.20. The number of aromatic nitrogens is 2. The Balaban J connectivity index is 2.35. The normalized spacial score (nSPS) is 27.3. The van der Waals surface area contributed by atoms with Crippen molar-refractivity contribution in [2.24, 2.45) is 5.92 Å². The fraction of sp³-hybridized carbons (Fsp3) is 0.727. The van der Waals surface area contributed by atoms with Crippen molar-refractivity contribution < 1.29 is 0 Å². The summed E-state index contributed by atoms with van der Waals surface area (Å²) < 4.78 is 2.36. The molecule has 0 fully saturated rings. The van der Waals surface area contributed by atoms with Crippen LogP contribution in [0.15, 0.2) is 6.20 Å². The Hall–Kier alpha value is -0.790. The fourth-order valence-electron chi connectivity index (χ4n) is 2.28. The lowest BCUT2D eigenvalue weighted by Gasteiger charge is -2.26. The molecule has 2 atom stereocenters. The van der Waals surface area contributed by atoms with Crippen molar-refractivity contribution in [2.45, 2.75) is 46.1 Å². The molecule has 2 unspecified atom stereocenters. The molecule has 2 nitrogen and oxygen atoms in total. The SMILES string of the molecule is CCc1cn2c(n1)CC(C)CC2C. The molecule has 72 valence electrons. The van der Waals surface area contributed by atoms with E-state index in [9.17, 15) is 0 Å². The van der Waals surface area contributed by atoms with Crippen LogP contribution in [0.4, 0.5) is 0 Å². The van der Waals surface area contributed by atoms with Crippen LogP contribution in [0.3, 0.4) is 0 Å². The standard InChI is InChI=1S/C11H18N2/c1-4-10-7-13-9(3)5-8(2)6-11(13)12-10/h7-9H,4-6H2,1-3H3. The Kier molecular flexibility index (Phi) is 2.14. The van der Waals surface area contributed by atoms with E-state index in [-0.39, 0.29) is 0 Å². The van der Waals surface area contributed by atoms with Crippen molar-refractivity contribution in [1.29, 1.82) is 0 Å². The Morgan fingerprint density at radius 1 is 1.54 bits per heavy atom. The summed E-state index contributed by atoms with van der Waals surface area (Å²) in [6.45, 7) is 6.78. The highest BCUT2D eigenvalue weighted by Gasteiger charge is 2.22. The van der Waals surface area contributed by atoms with Gasteiger partial charge < -0.3 is 4.57 Å². The second-order valence-electron chi connectivity index (χ2n) is 4.30. The van der Waals surface area contributed by atoms with Crippen LogP contribution in [0.2, 0.25) is 0 Å². The molecule has 1 aromatic rings. The van der Waals surface area contributed by atoms with Crippen LogP contribution in [-0.4, -0.2) is 9.55 Å². The molecular weight excluding hydrogens is 160 g/mol. The quantitative estimate of drug-likeness (QED) is 0.646. The molecule has 0 saturated heterocycles. The molecule has 1 aliphatic rings. The van der Waals surface area contributed by atoms with Gasteiger partial charge in [-0.15, -0.1) is 0 Å². The van der Waals surface area contributed by atoms with E-state index in [2.05, 4.69) is 36.5 Å². The summed E-state index contributed by atoms with van der Waals surface area (Å²) in [5.41, 5.74) is 1.25.